The highest BCUT2D eigenvalue weighted by Crippen LogP contribution is 2.25. The van der Waals surface area contributed by atoms with Gasteiger partial charge in [-0.1, -0.05) is 66.9 Å². The van der Waals surface area contributed by atoms with Crippen molar-refractivity contribution in [3.8, 4) is 0 Å². The van der Waals surface area contributed by atoms with E-state index in [2.05, 4.69) is 0 Å². The zero-order valence-corrected chi connectivity index (χ0v) is 15.3. The van der Waals surface area contributed by atoms with Gasteiger partial charge in [-0.15, -0.1) is 0 Å². The largest absolute Gasteiger partial charge is 0.331 e. The zero-order valence-electron chi connectivity index (χ0n) is 13.8. The van der Waals surface area contributed by atoms with Gasteiger partial charge in [-0.05, 0) is 24.1 Å². The molecule has 1 heterocycles. The Morgan fingerprint density at radius 3 is 2.40 bits per heavy atom. The van der Waals surface area contributed by atoms with Crippen LogP contribution in [0.3, 0.4) is 0 Å². The lowest BCUT2D eigenvalue weighted by Gasteiger charge is -2.15. The molecule has 0 N–H and O–H groups in total. The van der Waals surface area contributed by atoms with Gasteiger partial charge in [-0.25, -0.2) is 4.79 Å². The molecule has 4 nitrogen and oxygen atoms in total. The molecule has 0 saturated heterocycles. The van der Waals surface area contributed by atoms with Crippen molar-refractivity contribution < 1.29 is 0 Å². The molecular weight excluding hydrogens is 359 g/mol. The lowest BCUT2D eigenvalue weighted by molar-refractivity contribution is 0.558. The average Bonchev–Trinajstić information content (AvgIpc) is 2.59. The molecule has 3 aromatic rings. The number of hydrogen-bond acceptors (Lipinski definition) is 2. The van der Waals surface area contributed by atoms with Gasteiger partial charge >= 0.3 is 5.69 Å². The van der Waals surface area contributed by atoms with E-state index in [1.807, 2.05) is 37.3 Å². The molecule has 0 amide bonds. The minimum Gasteiger partial charge on any atom is -0.289 e. The molecule has 0 radical (unpaired) electrons. The maximum atomic E-state index is 13.0. The summed E-state index contributed by atoms with van der Waals surface area (Å²) in [6.45, 7) is 2.73. The van der Waals surface area contributed by atoms with Gasteiger partial charge in [0.1, 0.15) is 0 Å². The number of nitrogens with zero attached hydrogens (tertiary/aromatic N) is 2. The second kappa shape index (κ2) is 7.46. The summed E-state index contributed by atoms with van der Waals surface area (Å²) in [6.07, 6.45) is 1.63. The Labute approximate surface area is 155 Å². The third-order valence-electron chi connectivity index (χ3n) is 4.16. The van der Waals surface area contributed by atoms with Gasteiger partial charge in [-0.2, -0.15) is 0 Å². The number of fused-ring (bicyclic) bond motifs is 1. The normalized spacial score (nSPS) is 11.2. The van der Waals surface area contributed by atoms with Crippen molar-refractivity contribution >= 4 is 34.1 Å². The van der Waals surface area contributed by atoms with Crippen LogP contribution < -0.4 is 11.2 Å². The number of halogens is 2. The molecule has 130 valence electrons. The van der Waals surface area contributed by atoms with Crippen LogP contribution in [-0.2, 0) is 13.1 Å². The Balaban J connectivity index is 2.32. The fraction of sp³-hybridized carbons (Fsp3) is 0.263. The Kier molecular flexibility index (Phi) is 5.30. The SMILES string of the molecule is CCCCn1c(=O)c2c(Cl)cc(Cl)cc2n(Cc2ccccc2)c1=O. The van der Waals surface area contributed by atoms with E-state index in [9.17, 15) is 9.59 Å². The van der Waals surface area contributed by atoms with E-state index in [1.165, 1.54) is 10.6 Å². The molecule has 0 bridgehead atoms. The van der Waals surface area contributed by atoms with Crippen LogP contribution in [0.2, 0.25) is 10.0 Å². The Hall–Kier alpha value is -2.04. The number of hydrogen-bond donors (Lipinski definition) is 0. The number of rotatable bonds is 5. The van der Waals surface area contributed by atoms with Gasteiger partial charge in [0.05, 0.1) is 22.5 Å². The smallest absolute Gasteiger partial charge is 0.289 e. The van der Waals surface area contributed by atoms with Gasteiger partial charge in [0, 0.05) is 11.6 Å². The Morgan fingerprint density at radius 1 is 1.00 bits per heavy atom. The summed E-state index contributed by atoms with van der Waals surface area (Å²) in [4.78, 5) is 25.8. The summed E-state index contributed by atoms with van der Waals surface area (Å²) in [7, 11) is 0. The van der Waals surface area contributed by atoms with Crippen molar-refractivity contribution in [2.45, 2.75) is 32.9 Å². The van der Waals surface area contributed by atoms with E-state index in [-0.39, 0.29) is 16.3 Å². The molecule has 0 spiro atoms. The van der Waals surface area contributed by atoms with E-state index in [1.54, 1.807) is 10.6 Å². The second-order valence-corrected chi connectivity index (χ2v) is 6.79. The molecular formula is C19H18Cl2N2O2. The van der Waals surface area contributed by atoms with Crippen LogP contribution >= 0.6 is 23.2 Å². The van der Waals surface area contributed by atoms with E-state index in [4.69, 9.17) is 23.2 Å². The van der Waals surface area contributed by atoms with Crippen molar-refractivity contribution in [1.29, 1.82) is 0 Å². The molecule has 2 aromatic carbocycles. The molecule has 3 rings (SSSR count). The van der Waals surface area contributed by atoms with Gasteiger partial charge in [0.15, 0.2) is 0 Å². The predicted octanol–water partition coefficient (Wildman–Crippen LogP) is 4.32. The number of aromatic nitrogens is 2. The lowest BCUT2D eigenvalue weighted by atomic mass is 10.2. The van der Waals surface area contributed by atoms with E-state index in [0.717, 1.165) is 18.4 Å². The number of unbranched alkanes of at least 4 members (excludes halogenated alkanes) is 1. The monoisotopic (exact) mass is 376 g/mol. The van der Waals surface area contributed by atoms with Crippen molar-refractivity contribution in [3.63, 3.8) is 0 Å². The third kappa shape index (κ3) is 3.51. The summed E-state index contributed by atoms with van der Waals surface area (Å²) in [6, 6.07) is 12.8. The molecule has 0 aliphatic heterocycles. The van der Waals surface area contributed by atoms with Crippen LogP contribution in [-0.4, -0.2) is 9.13 Å². The maximum Gasteiger partial charge on any atom is 0.331 e. The van der Waals surface area contributed by atoms with Crippen LogP contribution in [0.5, 0.6) is 0 Å². The van der Waals surface area contributed by atoms with Crippen molar-refractivity contribution in [1.82, 2.24) is 9.13 Å². The lowest BCUT2D eigenvalue weighted by Crippen LogP contribution is -2.40. The maximum absolute atomic E-state index is 13.0. The van der Waals surface area contributed by atoms with Crippen LogP contribution in [0.4, 0.5) is 0 Å². The van der Waals surface area contributed by atoms with Gasteiger partial charge in [0.2, 0.25) is 0 Å². The molecule has 0 unspecified atom stereocenters. The standard InChI is InChI=1S/C19H18Cl2N2O2/c1-2-3-9-22-18(24)17-15(21)10-14(20)11-16(17)23(19(22)25)12-13-7-5-4-6-8-13/h4-8,10-11H,2-3,9,12H2,1H3. The molecule has 0 aliphatic carbocycles. The molecule has 25 heavy (non-hydrogen) atoms. The molecule has 0 atom stereocenters. The van der Waals surface area contributed by atoms with Crippen LogP contribution in [0.25, 0.3) is 10.9 Å². The van der Waals surface area contributed by atoms with E-state index in [0.29, 0.717) is 29.0 Å². The summed E-state index contributed by atoms with van der Waals surface area (Å²) in [5.74, 6) is 0. The van der Waals surface area contributed by atoms with Crippen molar-refractivity contribution in [2.24, 2.45) is 0 Å². The first-order valence-corrected chi connectivity index (χ1v) is 8.95. The summed E-state index contributed by atoms with van der Waals surface area (Å²) >= 11 is 12.4. The fourth-order valence-electron chi connectivity index (χ4n) is 2.89. The number of benzene rings is 2. The minimum absolute atomic E-state index is 0.263. The quantitative estimate of drug-likeness (QED) is 0.665. The summed E-state index contributed by atoms with van der Waals surface area (Å²) < 4.78 is 2.84. The van der Waals surface area contributed by atoms with Gasteiger partial charge in [-0.3, -0.25) is 13.9 Å². The Morgan fingerprint density at radius 2 is 1.72 bits per heavy atom. The predicted molar refractivity (Wildman–Crippen MR) is 103 cm³/mol. The Bertz CT molecular complexity index is 1020. The highest BCUT2D eigenvalue weighted by molar-refractivity contribution is 6.38. The molecule has 1 aromatic heterocycles. The van der Waals surface area contributed by atoms with E-state index >= 15 is 0 Å². The topological polar surface area (TPSA) is 44.0 Å². The molecule has 0 saturated carbocycles. The van der Waals surface area contributed by atoms with Crippen LogP contribution in [0.1, 0.15) is 25.3 Å². The minimum atomic E-state index is -0.362. The first kappa shape index (κ1) is 17.8. The van der Waals surface area contributed by atoms with Crippen LogP contribution in [0.15, 0.2) is 52.1 Å². The zero-order chi connectivity index (χ0) is 18.0. The van der Waals surface area contributed by atoms with Gasteiger partial charge in [0.25, 0.3) is 5.56 Å². The first-order chi connectivity index (χ1) is 12.0. The second-order valence-electron chi connectivity index (χ2n) is 5.95. The fourth-order valence-corrected chi connectivity index (χ4v) is 3.45. The summed E-state index contributed by atoms with van der Waals surface area (Å²) in [5.41, 5.74) is 0.722. The highest BCUT2D eigenvalue weighted by atomic mass is 35.5. The average molecular weight is 377 g/mol. The third-order valence-corrected chi connectivity index (χ3v) is 4.68. The van der Waals surface area contributed by atoms with Crippen molar-refractivity contribution in [3.05, 3.63) is 78.9 Å². The van der Waals surface area contributed by atoms with E-state index < -0.39 is 0 Å². The highest BCUT2D eigenvalue weighted by Gasteiger charge is 2.16. The van der Waals surface area contributed by atoms with Crippen LogP contribution in [0, 0.1) is 0 Å². The van der Waals surface area contributed by atoms with Crippen molar-refractivity contribution in [2.75, 3.05) is 0 Å². The molecule has 6 heteroatoms. The molecule has 0 fully saturated rings. The summed E-state index contributed by atoms with van der Waals surface area (Å²) in [5, 5.41) is 0.988. The first-order valence-electron chi connectivity index (χ1n) is 8.19. The molecule has 0 aliphatic rings. The van der Waals surface area contributed by atoms with Gasteiger partial charge < -0.3 is 0 Å².